The Hall–Kier alpha value is -1.33. The summed E-state index contributed by atoms with van der Waals surface area (Å²) in [6, 6.07) is 4.19. The zero-order valence-corrected chi connectivity index (χ0v) is 10.4. The van der Waals surface area contributed by atoms with Crippen molar-refractivity contribution in [2.45, 2.75) is 13.3 Å². The number of ether oxygens (including phenoxy) is 1. The molecule has 0 amide bonds. The molecule has 1 aromatic carbocycles. The van der Waals surface area contributed by atoms with E-state index in [0.29, 0.717) is 12.4 Å². The summed E-state index contributed by atoms with van der Waals surface area (Å²) in [5, 5.41) is 13.9. The summed E-state index contributed by atoms with van der Waals surface area (Å²) < 4.78 is 5.42. The summed E-state index contributed by atoms with van der Waals surface area (Å²) in [5.41, 5.74) is -0.0324. The second kappa shape index (κ2) is 7.09. The van der Waals surface area contributed by atoms with Crippen LogP contribution in [0.1, 0.15) is 13.3 Å². The molecule has 0 aromatic heterocycles. The summed E-state index contributed by atoms with van der Waals surface area (Å²) in [4.78, 5) is 10.0. The maximum Gasteiger partial charge on any atom is 0.271 e. The highest BCUT2D eigenvalue weighted by molar-refractivity contribution is 6.32. The number of nitrogens with one attached hydrogen (secondary N) is 1. The van der Waals surface area contributed by atoms with Crippen LogP contribution in [-0.4, -0.2) is 24.6 Å². The zero-order chi connectivity index (χ0) is 12.7. The topological polar surface area (TPSA) is 64.4 Å². The van der Waals surface area contributed by atoms with Crippen LogP contribution in [0.5, 0.6) is 5.75 Å². The Balaban J connectivity index is 2.46. The van der Waals surface area contributed by atoms with Gasteiger partial charge in [0.05, 0.1) is 16.6 Å². The van der Waals surface area contributed by atoms with E-state index in [4.69, 9.17) is 16.3 Å². The molecule has 17 heavy (non-hydrogen) atoms. The van der Waals surface area contributed by atoms with Crippen molar-refractivity contribution in [3.63, 3.8) is 0 Å². The SMILES string of the molecule is CCNCCCOc1ccc([N+](=O)[O-])cc1Cl. The summed E-state index contributed by atoms with van der Waals surface area (Å²) in [7, 11) is 0. The molecule has 0 saturated heterocycles. The van der Waals surface area contributed by atoms with Gasteiger partial charge in [0.25, 0.3) is 5.69 Å². The molecule has 1 aromatic rings. The lowest BCUT2D eigenvalue weighted by Crippen LogP contribution is -2.16. The Bertz CT molecular complexity index is 385. The molecule has 0 atom stereocenters. The van der Waals surface area contributed by atoms with Gasteiger partial charge in [-0.15, -0.1) is 0 Å². The Morgan fingerprint density at radius 2 is 2.29 bits per heavy atom. The van der Waals surface area contributed by atoms with Crippen LogP contribution in [0.4, 0.5) is 5.69 Å². The van der Waals surface area contributed by atoms with Gasteiger partial charge >= 0.3 is 0 Å². The van der Waals surface area contributed by atoms with E-state index in [0.717, 1.165) is 19.5 Å². The van der Waals surface area contributed by atoms with E-state index in [2.05, 4.69) is 5.32 Å². The average Bonchev–Trinajstić information content (AvgIpc) is 2.30. The fourth-order valence-electron chi connectivity index (χ4n) is 1.28. The second-order valence-electron chi connectivity index (χ2n) is 3.43. The molecular formula is C11H15ClN2O3. The molecule has 5 nitrogen and oxygen atoms in total. The maximum absolute atomic E-state index is 10.5. The summed E-state index contributed by atoms with van der Waals surface area (Å²) >= 11 is 5.87. The van der Waals surface area contributed by atoms with Crippen LogP contribution in [0, 0.1) is 10.1 Å². The minimum absolute atomic E-state index is 0.0324. The van der Waals surface area contributed by atoms with Crippen molar-refractivity contribution in [1.82, 2.24) is 5.32 Å². The summed E-state index contributed by atoms with van der Waals surface area (Å²) in [6.45, 7) is 4.37. The van der Waals surface area contributed by atoms with Crippen molar-refractivity contribution >= 4 is 17.3 Å². The molecule has 0 unspecified atom stereocenters. The number of rotatable bonds is 7. The highest BCUT2D eigenvalue weighted by Gasteiger charge is 2.09. The molecule has 1 N–H and O–H groups in total. The lowest BCUT2D eigenvalue weighted by Gasteiger charge is -2.07. The molecule has 94 valence electrons. The standard InChI is InChI=1S/C11H15ClN2O3/c1-2-13-6-3-7-17-11-5-4-9(14(15)16)8-10(11)12/h4-5,8,13H,2-3,6-7H2,1H3. The highest BCUT2D eigenvalue weighted by Crippen LogP contribution is 2.28. The highest BCUT2D eigenvalue weighted by atomic mass is 35.5. The van der Waals surface area contributed by atoms with Crippen LogP contribution in [0.25, 0.3) is 0 Å². The van der Waals surface area contributed by atoms with Gasteiger partial charge in [-0.1, -0.05) is 18.5 Å². The van der Waals surface area contributed by atoms with E-state index >= 15 is 0 Å². The molecule has 0 radical (unpaired) electrons. The fraction of sp³-hybridized carbons (Fsp3) is 0.455. The van der Waals surface area contributed by atoms with Gasteiger partial charge in [-0.2, -0.15) is 0 Å². The number of halogens is 1. The van der Waals surface area contributed by atoms with Crippen LogP contribution in [0.15, 0.2) is 18.2 Å². The van der Waals surface area contributed by atoms with E-state index in [9.17, 15) is 10.1 Å². The molecule has 0 spiro atoms. The average molecular weight is 259 g/mol. The van der Waals surface area contributed by atoms with Crippen molar-refractivity contribution in [2.24, 2.45) is 0 Å². The predicted molar refractivity (Wildman–Crippen MR) is 66.8 cm³/mol. The molecule has 6 heteroatoms. The normalized spacial score (nSPS) is 10.2. The molecule has 0 aliphatic carbocycles. The molecule has 0 aliphatic rings. The number of nitro benzene ring substituents is 1. The largest absolute Gasteiger partial charge is 0.492 e. The van der Waals surface area contributed by atoms with E-state index in [1.807, 2.05) is 6.92 Å². The number of hydrogen-bond donors (Lipinski definition) is 1. The number of non-ortho nitro benzene ring substituents is 1. The van der Waals surface area contributed by atoms with E-state index < -0.39 is 4.92 Å². The van der Waals surface area contributed by atoms with Crippen molar-refractivity contribution in [3.05, 3.63) is 33.3 Å². The third-order valence-electron chi connectivity index (χ3n) is 2.13. The molecule has 1 rings (SSSR count). The van der Waals surface area contributed by atoms with Crippen molar-refractivity contribution in [1.29, 1.82) is 0 Å². The molecule has 0 fully saturated rings. The smallest absolute Gasteiger partial charge is 0.271 e. The van der Waals surface area contributed by atoms with Gasteiger partial charge in [-0.3, -0.25) is 10.1 Å². The van der Waals surface area contributed by atoms with Gasteiger partial charge in [-0.25, -0.2) is 0 Å². The number of benzene rings is 1. The van der Waals surface area contributed by atoms with Gasteiger partial charge < -0.3 is 10.1 Å². The predicted octanol–water partition coefficient (Wildman–Crippen LogP) is 2.63. The minimum Gasteiger partial charge on any atom is -0.492 e. The molecule has 0 bridgehead atoms. The number of hydrogen-bond acceptors (Lipinski definition) is 4. The molecule has 0 aliphatic heterocycles. The lowest BCUT2D eigenvalue weighted by molar-refractivity contribution is -0.384. The Morgan fingerprint density at radius 3 is 2.88 bits per heavy atom. The van der Waals surface area contributed by atoms with Gasteiger partial charge in [0, 0.05) is 12.1 Å². The maximum atomic E-state index is 10.5. The first-order valence-electron chi connectivity index (χ1n) is 5.42. The third-order valence-corrected chi connectivity index (χ3v) is 2.43. The van der Waals surface area contributed by atoms with Gasteiger partial charge in [0.2, 0.25) is 0 Å². The van der Waals surface area contributed by atoms with Gasteiger partial charge in [0.1, 0.15) is 5.75 Å². The van der Waals surface area contributed by atoms with E-state index in [-0.39, 0.29) is 10.7 Å². The molecule has 0 saturated carbocycles. The molecule has 0 heterocycles. The van der Waals surface area contributed by atoms with Crippen LogP contribution >= 0.6 is 11.6 Å². The Labute approximate surface area is 105 Å². The quantitative estimate of drug-likeness (QED) is 0.464. The van der Waals surface area contributed by atoms with E-state index in [1.54, 1.807) is 0 Å². The third kappa shape index (κ3) is 4.58. The van der Waals surface area contributed by atoms with Crippen molar-refractivity contribution in [2.75, 3.05) is 19.7 Å². The Morgan fingerprint density at radius 1 is 1.53 bits per heavy atom. The number of nitro groups is 1. The number of nitrogens with zero attached hydrogens (tertiary/aromatic N) is 1. The van der Waals surface area contributed by atoms with Gasteiger partial charge in [0.15, 0.2) is 0 Å². The van der Waals surface area contributed by atoms with E-state index in [1.165, 1.54) is 18.2 Å². The van der Waals surface area contributed by atoms with Crippen LogP contribution in [0.3, 0.4) is 0 Å². The van der Waals surface area contributed by atoms with Crippen LogP contribution in [-0.2, 0) is 0 Å². The lowest BCUT2D eigenvalue weighted by atomic mass is 10.3. The minimum atomic E-state index is -0.485. The Kier molecular flexibility index (Phi) is 5.72. The first kappa shape index (κ1) is 13.7. The summed E-state index contributed by atoms with van der Waals surface area (Å²) in [5.74, 6) is 0.480. The second-order valence-corrected chi connectivity index (χ2v) is 3.83. The monoisotopic (exact) mass is 258 g/mol. The fourth-order valence-corrected chi connectivity index (χ4v) is 1.51. The van der Waals surface area contributed by atoms with Crippen molar-refractivity contribution < 1.29 is 9.66 Å². The first-order chi connectivity index (χ1) is 8.15. The van der Waals surface area contributed by atoms with Crippen LogP contribution in [0.2, 0.25) is 5.02 Å². The molecular weight excluding hydrogens is 244 g/mol. The van der Waals surface area contributed by atoms with Gasteiger partial charge in [-0.05, 0) is 25.6 Å². The summed E-state index contributed by atoms with van der Waals surface area (Å²) in [6.07, 6.45) is 0.862. The first-order valence-corrected chi connectivity index (χ1v) is 5.80. The van der Waals surface area contributed by atoms with Crippen molar-refractivity contribution in [3.8, 4) is 5.75 Å². The van der Waals surface area contributed by atoms with Crippen LogP contribution < -0.4 is 10.1 Å². The zero-order valence-electron chi connectivity index (χ0n) is 9.61.